The molecule has 0 bridgehead atoms. The van der Waals surface area contributed by atoms with Gasteiger partial charge in [-0.2, -0.15) is 0 Å². The highest BCUT2D eigenvalue weighted by atomic mass is 79.9. The summed E-state index contributed by atoms with van der Waals surface area (Å²) in [5, 5.41) is 2.44. The highest BCUT2D eigenvalue weighted by Crippen LogP contribution is 2.25. The number of carbonyl (C=O) groups excluding carboxylic acids is 3. The smallest absolute Gasteiger partial charge is 0.262 e. The van der Waals surface area contributed by atoms with E-state index in [2.05, 4.69) is 26.0 Å². The van der Waals surface area contributed by atoms with Crippen molar-refractivity contribution in [3.63, 3.8) is 0 Å². The van der Waals surface area contributed by atoms with Gasteiger partial charge in [-0.25, -0.2) is 13.1 Å². The van der Waals surface area contributed by atoms with E-state index >= 15 is 0 Å². The second-order valence-corrected chi connectivity index (χ2v) is 7.65. The average Bonchev–Trinajstić information content (AvgIpc) is 2.67. The lowest BCUT2D eigenvalue weighted by Gasteiger charge is -2.13. The Morgan fingerprint density at radius 3 is 2.48 bits per heavy atom. The lowest BCUT2D eigenvalue weighted by molar-refractivity contribution is -0.121. The molecule has 0 spiro atoms. The number of hydrogen-bond donors (Lipinski definition) is 2. The summed E-state index contributed by atoms with van der Waals surface area (Å²) in [5.41, 5.74) is 0.501. The Labute approximate surface area is 141 Å². The van der Waals surface area contributed by atoms with Gasteiger partial charge in [0.2, 0.25) is 15.9 Å². The highest BCUT2D eigenvalue weighted by molar-refractivity contribution is 9.10. The number of imide groups is 1. The summed E-state index contributed by atoms with van der Waals surface area (Å²) in [7, 11) is -3.33. The van der Waals surface area contributed by atoms with Crippen molar-refractivity contribution in [2.24, 2.45) is 0 Å². The molecule has 10 heteroatoms. The molecular formula is C13H14BrN3O5S. The van der Waals surface area contributed by atoms with E-state index in [1.54, 1.807) is 6.07 Å². The van der Waals surface area contributed by atoms with Crippen LogP contribution in [0.3, 0.4) is 0 Å². The number of benzene rings is 1. The number of rotatable bonds is 6. The maximum absolute atomic E-state index is 12.2. The molecule has 1 aliphatic heterocycles. The van der Waals surface area contributed by atoms with Crippen molar-refractivity contribution in [3.8, 4) is 0 Å². The predicted octanol–water partition coefficient (Wildman–Crippen LogP) is -0.290. The molecule has 0 saturated heterocycles. The number of amides is 3. The Morgan fingerprint density at radius 2 is 1.83 bits per heavy atom. The topological polar surface area (TPSA) is 113 Å². The van der Waals surface area contributed by atoms with Crippen LogP contribution < -0.4 is 10.0 Å². The maximum atomic E-state index is 12.2. The zero-order valence-electron chi connectivity index (χ0n) is 12.1. The summed E-state index contributed by atoms with van der Waals surface area (Å²) in [5.74, 6) is -1.61. The lowest BCUT2D eigenvalue weighted by atomic mass is 10.1. The molecule has 0 fully saturated rings. The first-order valence-electron chi connectivity index (χ1n) is 6.56. The van der Waals surface area contributed by atoms with Gasteiger partial charge in [0.05, 0.1) is 17.4 Å². The van der Waals surface area contributed by atoms with Crippen LogP contribution in [0.4, 0.5) is 0 Å². The van der Waals surface area contributed by atoms with Crippen LogP contribution in [-0.4, -0.2) is 56.9 Å². The number of halogens is 1. The fraction of sp³-hybridized carbons (Fsp3) is 0.308. The Bertz CT molecular complexity index is 778. The van der Waals surface area contributed by atoms with Crippen LogP contribution >= 0.6 is 15.9 Å². The maximum Gasteiger partial charge on any atom is 0.262 e. The van der Waals surface area contributed by atoms with Gasteiger partial charge in [-0.15, -0.1) is 0 Å². The van der Waals surface area contributed by atoms with Crippen molar-refractivity contribution in [2.75, 3.05) is 25.9 Å². The largest absolute Gasteiger partial charge is 0.353 e. The number of fused-ring (bicyclic) bond motifs is 1. The molecule has 0 unspecified atom stereocenters. The van der Waals surface area contributed by atoms with Crippen molar-refractivity contribution in [2.45, 2.75) is 0 Å². The molecule has 1 aliphatic rings. The van der Waals surface area contributed by atoms with Crippen molar-refractivity contribution in [1.82, 2.24) is 14.9 Å². The van der Waals surface area contributed by atoms with Gasteiger partial charge in [0.25, 0.3) is 11.8 Å². The monoisotopic (exact) mass is 403 g/mol. The fourth-order valence-corrected chi connectivity index (χ4v) is 2.88. The summed E-state index contributed by atoms with van der Waals surface area (Å²) in [6, 6.07) is 4.70. The van der Waals surface area contributed by atoms with Crippen molar-refractivity contribution < 1.29 is 22.8 Å². The highest BCUT2D eigenvalue weighted by Gasteiger charge is 2.36. The molecule has 2 rings (SSSR count). The molecule has 124 valence electrons. The molecule has 1 heterocycles. The third kappa shape index (κ3) is 4.36. The van der Waals surface area contributed by atoms with Crippen LogP contribution in [0.1, 0.15) is 20.7 Å². The van der Waals surface area contributed by atoms with Crippen LogP contribution in [0.25, 0.3) is 0 Å². The number of carbonyl (C=O) groups is 3. The molecule has 1 aromatic rings. The lowest BCUT2D eigenvalue weighted by Crippen LogP contribution is -2.42. The van der Waals surface area contributed by atoms with E-state index in [-0.39, 0.29) is 24.2 Å². The molecule has 0 saturated carbocycles. The van der Waals surface area contributed by atoms with Crippen molar-refractivity contribution in [1.29, 1.82) is 0 Å². The molecule has 0 radical (unpaired) electrons. The van der Waals surface area contributed by atoms with Crippen molar-refractivity contribution >= 4 is 43.7 Å². The minimum atomic E-state index is -3.33. The summed E-state index contributed by atoms with van der Waals surface area (Å²) >= 11 is 3.22. The summed E-state index contributed by atoms with van der Waals surface area (Å²) < 4.78 is 24.6. The molecule has 3 amide bonds. The van der Waals surface area contributed by atoms with E-state index in [0.717, 1.165) is 11.2 Å². The van der Waals surface area contributed by atoms with E-state index in [0.29, 0.717) is 4.47 Å². The molecule has 1 aromatic carbocycles. The molecule has 8 nitrogen and oxygen atoms in total. The minimum absolute atomic E-state index is 0.0274. The first-order valence-corrected chi connectivity index (χ1v) is 9.24. The second-order valence-electron chi connectivity index (χ2n) is 4.90. The molecular weight excluding hydrogens is 390 g/mol. The van der Waals surface area contributed by atoms with Gasteiger partial charge in [-0.3, -0.25) is 19.3 Å². The molecule has 23 heavy (non-hydrogen) atoms. The van der Waals surface area contributed by atoms with E-state index in [4.69, 9.17) is 0 Å². The quantitative estimate of drug-likeness (QED) is 0.500. The van der Waals surface area contributed by atoms with Crippen LogP contribution in [0.15, 0.2) is 22.7 Å². The van der Waals surface area contributed by atoms with Gasteiger partial charge in [0.1, 0.15) is 6.54 Å². The van der Waals surface area contributed by atoms with Gasteiger partial charge in [-0.1, -0.05) is 15.9 Å². The van der Waals surface area contributed by atoms with Gasteiger partial charge >= 0.3 is 0 Å². The van der Waals surface area contributed by atoms with Crippen LogP contribution in [0.5, 0.6) is 0 Å². The molecule has 2 N–H and O–H groups in total. The third-order valence-electron chi connectivity index (χ3n) is 3.05. The summed E-state index contributed by atoms with van der Waals surface area (Å²) in [6.45, 7) is -0.330. The van der Waals surface area contributed by atoms with Crippen LogP contribution in [-0.2, 0) is 14.8 Å². The average molecular weight is 404 g/mol. The Hall–Kier alpha value is -1.78. The number of hydrogen-bond acceptors (Lipinski definition) is 5. The van der Waals surface area contributed by atoms with Gasteiger partial charge < -0.3 is 5.32 Å². The number of nitrogens with one attached hydrogen (secondary N) is 2. The summed E-state index contributed by atoms with van der Waals surface area (Å²) in [6.07, 6.45) is 1.01. The van der Waals surface area contributed by atoms with Crippen LogP contribution in [0, 0.1) is 0 Å². The standard InChI is InChI=1S/C13H14BrN3O5S/c1-23(21,22)16-5-4-15-11(18)7-17-12(19)9-3-2-8(14)6-10(9)13(17)20/h2-3,6,16H,4-5,7H2,1H3,(H,15,18). The number of sulfonamides is 1. The van der Waals surface area contributed by atoms with E-state index in [1.165, 1.54) is 12.1 Å². The Kier molecular flexibility index (Phi) is 5.17. The number of nitrogens with zero attached hydrogens (tertiary/aromatic N) is 1. The second kappa shape index (κ2) is 6.77. The SMILES string of the molecule is CS(=O)(=O)NCCNC(=O)CN1C(=O)c2ccc(Br)cc2C1=O. The zero-order chi connectivity index (χ0) is 17.2. The van der Waals surface area contributed by atoms with E-state index < -0.39 is 34.3 Å². The first-order chi connectivity index (χ1) is 10.7. The minimum Gasteiger partial charge on any atom is -0.353 e. The normalized spacial score (nSPS) is 14.1. The molecule has 0 atom stereocenters. The predicted molar refractivity (Wildman–Crippen MR) is 85.4 cm³/mol. The zero-order valence-corrected chi connectivity index (χ0v) is 14.5. The van der Waals surface area contributed by atoms with Gasteiger partial charge in [0, 0.05) is 17.6 Å². The van der Waals surface area contributed by atoms with Crippen molar-refractivity contribution in [3.05, 3.63) is 33.8 Å². The Morgan fingerprint density at radius 1 is 1.17 bits per heavy atom. The third-order valence-corrected chi connectivity index (χ3v) is 4.27. The first kappa shape index (κ1) is 17.6. The molecule has 0 aromatic heterocycles. The van der Waals surface area contributed by atoms with Gasteiger partial charge in [-0.05, 0) is 18.2 Å². The van der Waals surface area contributed by atoms with E-state index in [9.17, 15) is 22.8 Å². The van der Waals surface area contributed by atoms with E-state index in [1.807, 2.05) is 0 Å². The Balaban J connectivity index is 1.93. The molecule has 0 aliphatic carbocycles. The summed E-state index contributed by atoms with van der Waals surface area (Å²) in [4.78, 5) is 36.9. The van der Waals surface area contributed by atoms with Gasteiger partial charge in [0.15, 0.2) is 0 Å². The van der Waals surface area contributed by atoms with Crippen LogP contribution in [0.2, 0.25) is 0 Å². The fourth-order valence-electron chi connectivity index (χ4n) is 2.04.